The predicted octanol–water partition coefficient (Wildman–Crippen LogP) is 4.64. The van der Waals surface area contributed by atoms with Crippen molar-refractivity contribution in [2.45, 2.75) is 20.3 Å². The standard InChI is InChI=1S/C19H17N5O4S/c1-12-19(13(2)29-22-12)17(10-14-6-4-3-5-7-14)21-20-16-9-8-15(23(25)26)11-18(16)24(27)28/h3-9,11,20H,10H2,1-2H3/b21-17+. The summed E-state index contributed by atoms with van der Waals surface area (Å²) >= 11 is 1.36. The number of hydrazone groups is 1. The molecule has 10 heteroatoms. The third-order valence-corrected chi connectivity index (χ3v) is 5.08. The fourth-order valence-corrected chi connectivity index (χ4v) is 3.60. The third kappa shape index (κ3) is 4.61. The number of aryl methyl sites for hydroxylation is 2. The maximum absolute atomic E-state index is 11.4. The molecule has 1 heterocycles. The number of hydrogen-bond acceptors (Lipinski definition) is 8. The highest BCUT2D eigenvalue weighted by Crippen LogP contribution is 2.29. The number of nitro groups is 2. The monoisotopic (exact) mass is 411 g/mol. The van der Waals surface area contributed by atoms with Crippen LogP contribution in [0.5, 0.6) is 0 Å². The average Bonchev–Trinajstić information content (AvgIpc) is 3.04. The maximum atomic E-state index is 11.4. The Hall–Kier alpha value is -3.66. The highest BCUT2D eigenvalue weighted by molar-refractivity contribution is 7.06. The van der Waals surface area contributed by atoms with Gasteiger partial charge in [-0.25, -0.2) is 0 Å². The Morgan fingerprint density at radius 2 is 1.83 bits per heavy atom. The van der Waals surface area contributed by atoms with Crippen molar-refractivity contribution in [3.8, 4) is 0 Å². The zero-order valence-corrected chi connectivity index (χ0v) is 16.5. The van der Waals surface area contributed by atoms with Crippen LogP contribution in [0, 0.1) is 34.1 Å². The molecule has 0 atom stereocenters. The minimum Gasteiger partial charge on any atom is -0.271 e. The fourth-order valence-electron chi connectivity index (χ4n) is 2.87. The number of nitrogens with one attached hydrogen (secondary N) is 1. The van der Waals surface area contributed by atoms with Gasteiger partial charge in [0.15, 0.2) is 0 Å². The van der Waals surface area contributed by atoms with Crippen LogP contribution in [0.4, 0.5) is 17.1 Å². The predicted molar refractivity (Wildman–Crippen MR) is 112 cm³/mol. The lowest BCUT2D eigenvalue weighted by Crippen LogP contribution is -2.11. The molecule has 0 saturated heterocycles. The third-order valence-electron chi connectivity index (χ3n) is 4.24. The van der Waals surface area contributed by atoms with E-state index in [9.17, 15) is 20.2 Å². The second-order valence-electron chi connectivity index (χ2n) is 6.25. The number of aromatic nitrogens is 1. The zero-order chi connectivity index (χ0) is 21.0. The normalized spacial score (nSPS) is 11.3. The van der Waals surface area contributed by atoms with Crippen LogP contribution in [-0.2, 0) is 6.42 Å². The largest absolute Gasteiger partial charge is 0.301 e. The van der Waals surface area contributed by atoms with E-state index in [2.05, 4.69) is 14.9 Å². The average molecular weight is 411 g/mol. The topological polar surface area (TPSA) is 124 Å². The molecule has 148 valence electrons. The Bertz CT molecular complexity index is 1080. The molecule has 1 N–H and O–H groups in total. The van der Waals surface area contributed by atoms with Crippen molar-refractivity contribution in [3.05, 3.63) is 90.5 Å². The molecule has 0 aliphatic heterocycles. The zero-order valence-electron chi connectivity index (χ0n) is 15.7. The smallest absolute Gasteiger partial charge is 0.271 e. The van der Waals surface area contributed by atoms with Gasteiger partial charge in [-0.2, -0.15) is 9.47 Å². The molecule has 0 aliphatic rings. The van der Waals surface area contributed by atoms with E-state index in [1.165, 1.54) is 23.7 Å². The summed E-state index contributed by atoms with van der Waals surface area (Å²) < 4.78 is 4.36. The van der Waals surface area contributed by atoms with E-state index in [0.29, 0.717) is 12.1 Å². The van der Waals surface area contributed by atoms with Gasteiger partial charge in [-0.3, -0.25) is 25.7 Å². The molecule has 0 bridgehead atoms. The van der Waals surface area contributed by atoms with E-state index in [-0.39, 0.29) is 11.4 Å². The van der Waals surface area contributed by atoms with Crippen LogP contribution in [0.25, 0.3) is 0 Å². The van der Waals surface area contributed by atoms with Crippen LogP contribution >= 0.6 is 11.5 Å². The van der Waals surface area contributed by atoms with E-state index in [4.69, 9.17) is 0 Å². The first-order chi connectivity index (χ1) is 13.9. The second-order valence-corrected chi connectivity index (χ2v) is 7.23. The molecule has 0 amide bonds. The Morgan fingerprint density at radius 1 is 1.10 bits per heavy atom. The fraction of sp³-hybridized carbons (Fsp3) is 0.158. The van der Waals surface area contributed by atoms with E-state index in [1.807, 2.05) is 44.2 Å². The van der Waals surface area contributed by atoms with Crippen LogP contribution < -0.4 is 5.43 Å². The molecule has 0 aliphatic carbocycles. The Labute approximate surface area is 170 Å². The van der Waals surface area contributed by atoms with Gasteiger partial charge < -0.3 is 0 Å². The lowest BCUT2D eigenvalue weighted by atomic mass is 10.0. The molecule has 2 aromatic carbocycles. The minimum absolute atomic E-state index is 0.0738. The van der Waals surface area contributed by atoms with Gasteiger partial charge in [0.1, 0.15) is 5.69 Å². The van der Waals surface area contributed by atoms with Gasteiger partial charge in [-0.05, 0) is 37.0 Å². The molecule has 1 aromatic heterocycles. The quantitative estimate of drug-likeness (QED) is 0.343. The summed E-state index contributed by atoms with van der Waals surface area (Å²) in [7, 11) is 0. The molecular weight excluding hydrogens is 394 g/mol. The van der Waals surface area contributed by atoms with E-state index in [1.54, 1.807) is 0 Å². The molecule has 0 saturated carbocycles. The highest BCUT2D eigenvalue weighted by Gasteiger charge is 2.20. The molecule has 0 spiro atoms. The van der Waals surface area contributed by atoms with Gasteiger partial charge in [0.25, 0.3) is 5.69 Å². The minimum atomic E-state index is -0.676. The van der Waals surface area contributed by atoms with Crippen LogP contribution in [-0.4, -0.2) is 19.9 Å². The molecular formula is C19H17N5O4S. The number of hydrogen-bond donors (Lipinski definition) is 1. The summed E-state index contributed by atoms with van der Waals surface area (Å²) in [5.41, 5.74) is 5.43. The van der Waals surface area contributed by atoms with Gasteiger partial charge in [-0.15, -0.1) is 0 Å². The number of nitro benzene ring substituents is 2. The van der Waals surface area contributed by atoms with Crippen molar-refractivity contribution >= 4 is 34.3 Å². The molecule has 0 radical (unpaired) electrons. The number of non-ortho nitro benzene ring substituents is 1. The van der Waals surface area contributed by atoms with Crippen LogP contribution in [0.3, 0.4) is 0 Å². The first-order valence-electron chi connectivity index (χ1n) is 8.59. The van der Waals surface area contributed by atoms with Crippen molar-refractivity contribution in [1.29, 1.82) is 0 Å². The maximum Gasteiger partial charge on any atom is 0.301 e. The van der Waals surface area contributed by atoms with E-state index < -0.39 is 15.5 Å². The summed E-state index contributed by atoms with van der Waals surface area (Å²) in [6.07, 6.45) is 0.495. The number of nitrogens with zero attached hydrogens (tertiary/aromatic N) is 4. The van der Waals surface area contributed by atoms with Gasteiger partial charge in [0.2, 0.25) is 0 Å². The Balaban J connectivity index is 2.01. The summed E-state index contributed by atoms with van der Waals surface area (Å²) in [6.45, 7) is 3.82. The first-order valence-corrected chi connectivity index (χ1v) is 9.36. The lowest BCUT2D eigenvalue weighted by molar-refractivity contribution is -0.393. The first kappa shape index (κ1) is 20.1. The highest BCUT2D eigenvalue weighted by atomic mass is 32.1. The van der Waals surface area contributed by atoms with Crippen molar-refractivity contribution in [2.24, 2.45) is 5.10 Å². The van der Waals surface area contributed by atoms with E-state index >= 15 is 0 Å². The van der Waals surface area contributed by atoms with Crippen LogP contribution in [0.15, 0.2) is 53.6 Å². The molecule has 0 unspecified atom stereocenters. The van der Waals surface area contributed by atoms with Crippen LogP contribution in [0.1, 0.15) is 21.7 Å². The van der Waals surface area contributed by atoms with E-state index in [0.717, 1.165) is 27.8 Å². The summed E-state index contributed by atoms with van der Waals surface area (Å²) in [6, 6.07) is 13.1. The van der Waals surface area contributed by atoms with Gasteiger partial charge in [-0.1, -0.05) is 30.3 Å². The molecule has 3 aromatic rings. The molecule has 9 nitrogen and oxygen atoms in total. The number of rotatable bonds is 7. The Morgan fingerprint density at radius 3 is 2.41 bits per heavy atom. The number of anilines is 1. The van der Waals surface area contributed by atoms with Crippen molar-refractivity contribution in [2.75, 3.05) is 5.43 Å². The summed E-state index contributed by atoms with van der Waals surface area (Å²) in [4.78, 5) is 21.9. The summed E-state index contributed by atoms with van der Waals surface area (Å²) in [5.74, 6) is 0. The SMILES string of the molecule is Cc1nsc(C)c1/C(Cc1ccccc1)=N/Nc1ccc([N+](=O)[O-])cc1[N+](=O)[O-]. The second kappa shape index (κ2) is 8.57. The molecule has 29 heavy (non-hydrogen) atoms. The van der Waals surface area contributed by atoms with Gasteiger partial charge >= 0.3 is 5.69 Å². The lowest BCUT2D eigenvalue weighted by Gasteiger charge is -2.09. The Kier molecular flexibility index (Phi) is 5.93. The number of benzene rings is 2. The van der Waals surface area contributed by atoms with Crippen molar-refractivity contribution in [1.82, 2.24) is 4.37 Å². The van der Waals surface area contributed by atoms with Crippen molar-refractivity contribution < 1.29 is 9.85 Å². The molecule has 0 fully saturated rings. The van der Waals surface area contributed by atoms with Crippen LogP contribution in [0.2, 0.25) is 0 Å². The molecule has 3 rings (SSSR count). The van der Waals surface area contributed by atoms with Crippen molar-refractivity contribution in [3.63, 3.8) is 0 Å². The summed E-state index contributed by atoms with van der Waals surface area (Å²) in [5, 5.41) is 26.7. The van der Waals surface area contributed by atoms with Gasteiger partial charge in [0, 0.05) is 22.9 Å². The van der Waals surface area contributed by atoms with Gasteiger partial charge in [0.05, 0.1) is 27.3 Å².